The van der Waals surface area contributed by atoms with Gasteiger partial charge in [-0.2, -0.15) is 6.57 Å². The molecular formula is C27H26N6O4. The van der Waals surface area contributed by atoms with E-state index in [2.05, 4.69) is 26.0 Å². The molecule has 3 rings (SSSR count). The third kappa shape index (κ3) is 8.84. The number of nitrogens with two attached hydrogens (primary N) is 1. The van der Waals surface area contributed by atoms with Gasteiger partial charge in [-0.05, 0) is 29.3 Å². The highest BCUT2D eigenvalue weighted by Gasteiger charge is 2.20. The summed E-state index contributed by atoms with van der Waals surface area (Å²) in [6.07, 6.45) is -0.0716. The van der Waals surface area contributed by atoms with Gasteiger partial charge in [0.25, 0.3) is 11.9 Å². The topological polar surface area (TPSA) is 139 Å². The smallest absolute Gasteiger partial charge is 0.308 e. The number of esters is 1. The van der Waals surface area contributed by atoms with E-state index in [-0.39, 0.29) is 31.1 Å². The first-order chi connectivity index (χ1) is 17.9. The first-order valence-electron chi connectivity index (χ1n) is 11.3. The minimum absolute atomic E-state index is 0.0716. The molecule has 2 amide bonds. The van der Waals surface area contributed by atoms with E-state index >= 15 is 0 Å². The quantitative estimate of drug-likeness (QED) is 0.111. The van der Waals surface area contributed by atoms with Crippen molar-refractivity contribution in [1.29, 1.82) is 0 Å². The van der Waals surface area contributed by atoms with Crippen molar-refractivity contribution >= 4 is 29.4 Å². The molecule has 37 heavy (non-hydrogen) atoms. The van der Waals surface area contributed by atoms with Crippen molar-refractivity contribution in [3.8, 4) is 0 Å². The minimum atomic E-state index is -0.633. The molecule has 10 nitrogen and oxygen atoms in total. The summed E-state index contributed by atoms with van der Waals surface area (Å²) in [5, 5.41) is 11.4. The van der Waals surface area contributed by atoms with E-state index in [1.54, 1.807) is 30.3 Å². The highest BCUT2D eigenvalue weighted by molar-refractivity contribution is 5.99. The molecule has 3 aromatic rings. The minimum Gasteiger partial charge on any atom is -0.461 e. The van der Waals surface area contributed by atoms with Crippen LogP contribution in [0.1, 0.15) is 33.9 Å². The van der Waals surface area contributed by atoms with Gasteiger partial charge in [0.05, 0.1) is 19.0 Å². The van der Waals surface area contributed by atoms with Crippen LogP contribution < -0.4 is 21.7 Å². The van der Waals surface area contributed by atoms with Gasteiger partial charge < -0.3 is 26.4 Å². The lowest BCUT2D eigenvalue weighted by Gasteiger charge is -2.19. The molecule has 0 aliphatic carbocycles. The van der Waals surface area contributed by atoms with E-state index in [4.69, 9.17) is 17.0 Å². The number of nitrogens with zero attached hydrogens (tertiary/aromatic N) is 2. The summed E-state index contributed by atoms with van der Waals surface area (Å²) >= 11 is 0. The summed E-state index contributed by atoms with van der Waals surface area (Å²) < 4.78 is 5.37. The standard InChI is InChI=1S/C27H26N6O4/c1-29-33-27(28)31-22-14-8-13-21(15-22)26(36)30-17-24(34)32-23(20-11-6-3-7-12-20)16-25(35)37-18-19-9-4-2-5-10-19/h2-15,23H,16-18H2,(H,30,36)(H,32,34)(H3,28,31,33). The van der Waals surface area contributed by atoms with Gasteiger partial charge in [0.1, 0.15) is 11.7 Å². The van der Waals surface area contributed by atoms with Gasteiger partial charge in [-0.25, -0.2) is 0 Å². The molecule has 0 aliphatic rings. The van der Waals surface area contributed by atoms with Crippen LogP contribution in [0, 0.1) is 6.57 Å². The highest BCUT2D eigenvalue weighted by Crippen LogP contribution is 2.18. The summed E-state index contributed by atoms with van der Waals surface area (Å²) in [7, 11) is 0. The molecule has 0 heterocycles. The van der Waals surface area contributed by atoms with E-state index in [0.29, 0.717) is 5.69 Å². The summed E-state index contributed by atoms with van der Waals surface area (Å²) in [6, 6.07) is 24.1. The van der Waals surface area contributed by atoms with E-state index < -0.39 is 23.8 Å². The Morgan fingerprint density at radius 1 is 0.973 bits per heavy atom. The second-order valence-corrected chi connectivity index (χ2v) is 7.85. The zero-order chi connectivity index (χ0) is 26.5. The lowest BCUT2D eigenvalue weighted by atomic mass is 10.0. The molecule has 1 atom stereocenters. The second-order valence-electron chi connectivity index (χ2n) is 7.85. The Kier molecular flexibility index (Phi) is 9.75. The lowest BCUT2D eigenvalue weighted by Crippen LogP contribution is -2.39. The molecule has 0 bridgehead atoms. The second kappa shape index (κ2) is 13.7. The number of hydrogen-bond donors (Lipinski definition) is 4. The van der Waals surface area contributed by atoms with Crippen molar-refractivity contribution < 1.29 is 19.1 Å². The SMILES string of the molecule is [C-]#[N+]/N=C(\N)Nc1cccc(C(=O)NCC(=O)NC(CC(=O)OCc2ccccc2)c2ccccc2)c1. The number of anilines is 1. The Bertz CT molecular complexity index is 1290. The van der Waals surface area contributed by atoms with E-state index in [9.17, 15) is 14.4 Å². The van der Waals surface area contributed by atoms with E-state index in [1.165, 1.54) is 6.07 Å². The largest absolute Gasteiger partial charge is 0.461 e. The molecule has 0 aromatic heterocycles. The maximum absolute atomic E-state index is 12.7. The Morgan fingerprint density at radius 3 is 2.38 bits per heavy atom. The predicted octanol–water partition coefficient (Wildman–Crippen LogP) is 2.97. The van der Waals surface area contributed by atoms with Crippen LogP contribution in [-0.2, 0) is 20.9 Å². The maximum Gasteiger partial charge on any atom is 0.308 e. The summed E-state index contributed by atoms with van der Waals surface area (Å²) in [5.74, 6) is -1.53. The van der Waals surface area contributed by atoms with Crippen molar-refractivity contribution in [2.24, 2.45) is 10.8 Å². The Hall–Kier alpha value is -5.17. The number of carbonyl (C=O) groups is 3. The van der Waals surface area contributed by atoms with E-state index in [0.717, 1.165) is 11.1 Å². The molecule has 0 radical (unpaired) electrons. The van der Waals surface area contributed by atoms with Crippen LogP contribution in [0.2, 0.25) is 0 Å². The first kappa shape index (κ1) is 26.4. The normalized spacial score (nSPS) is 11.5. The zero-order valence-electron chi connectivity index (χ0n) is 19.9. The Morgan fingerprint density at radius 2 is 1.68 bits per heavy atom. The molecule has 0 aliphatic heterocycles. The summed E-state index contributed by atoms with van der Waals surface area (Å²) in [5.41, 5.74) is 7.88. The molecule has 3 aromatic carbocycles. The number of ether oxygens (including phenoxy) is 1. The van der Waals surface area contributed by atoms with Gasteiger partial charge in [-0.3, -0.25) is 14.4 Å². The number of hydrogen-bond acceptors (Lipinski definition) is 5. The number of amides is 2. The van der Waals surface area contributed by atoms with Crippen LogP contribution in [0.15, 0.2) is 90.0 Å². The zero-order valence-corrected chi connectivity index (χ0v) is 19.9. The fourth-order valence-electron chi connectivity index (χ4n) is 3.37. The summed E-state index contributed by atoms with van der Waals surface area (Å²) in [4.78, 5) is 40.5. The molecule has 10 heteroatoms. The lowest BCUT2D eigenvalue weighted by molar-refractivity contribution is -0.145. The van der Waals surface area contributed by atoms with Gasteiger partial charge in [0.2, 0.25) is 5.91 Å². The van der Waals surface area contributed by atoms with Gasteiger partial charge >= 0.3 is 5.97 Å². The summed E-state index contributed by atoms with van der Waals surface area (Å²) in [6.45, 7) is 6.52. The monoisotopic (exact) mass is 498 g/mol. The van der Waals surface area contributed by atoms with Crippen LogP contribution in [0.5, 0.6) is 0 Å². The molecular weight excluding hydrogens is 472 g/mol. The third-order valence-corrected chi connectivity index (χ3v) is 5.12. The van der Waals surface area contributed by atoms with Crippen LogP contribution in [0.3, 0.4) is 0 Å². The first-order valence-corrected chi connectivity index (χ1v) is 11.3. The number of rotatable bonds is 10. The van der Waals surface area contributed by atoms with Gasteiger partial charge in [-0.15, -0.1) is 4.95 Å². The van der Waals surface area contributed by atoms with Crippen molar-refractivity contribution in [3.63, 3.8) is 0 Å². The van der Waals surface area contributed by atoms with Gasteiger partial charge in [0.15, 0.2) is 0 Å². The third-order valence-electron chi connectivity index (χ3n) is 5.12. The highest BCUT2D eigenvalue weighted by atomic mass is 16.5. The number of nitrogens with one attached hydrogen (secondary N) is 3. The number of benzene rings is 3. The fourth-order valence-corrected chi connectivity index (χ4v) is 3.37. The van der Waals surface area contributed by atoms with Gasteiger partial charge in [-0.1, -0.05) is 66.7 Å². The Labute approximate surface area is 214 Å². The molecule has 0 saturated heterocycles. The van der Waals surface area contributed by atoms with Crippen molar-refractivity contribution in [2.45, 2.75) is 19.1 Å². The molecule has 1 unspecified atom stereocenters. The van der Waals surface area contributed by atoms with Crippen molar-refractivity contribution in [1.82, 2.24) is 10.6 Å². The number of guanidine groups is 1. The maximum atomic E-state index is 12.7. The molecule has 188 valence electrons. The molecule has 0 fully saturated rings. The number of carbonyl (C=O) groups excluding carboxylic acids is 3. The van der Waals surface area contributed by atoms with Crippen LogP contribution in [-0.4, -0.2) is 30.3 Å². The van der Waals surface area contributed by atoms with Crippen LogP contribution >= 0.6 is 0 Å². The van der Waals surface area contributed by atoms with E-state index in [1.807, 2.05) is 48.5 Å². The van der Waals surface area contributed by atoms with Crippen molar-refractivity contribution in [3.05, 3.63) is 113 Å². The van der Waals surface area contributed by atoms with Crippen LogP contribution in [0.4, 0.5) is 5.69 Å². The molecule has 5 N–H and O–H groups in total. The van der Waals surface area contributed by atoms with Crippen molar-refractivity contribution in [2.75, 3.05) is 11.9 Å². The molecule has 0 saturated carbocycles. The fraction of sp³-hybridized carbons (Fsp3) is 0.148. The predicted molar refractivity (Wildman–Crippen MR) is 139 cm³/mol. The average Bonchev–Trinajstić information content (AvgIpc) is 2.91. The average molecular weight is 499 g/mol. The Balaban J connectivity index is 1.57. The van der Waals surface area contributed by atoms with Crippen LogP contribution in [0.25, 0.3) is 4.95 Å². The van der Waals surface area contributed by atoms with Gasteiger partial charge in [0, 0.05) is 11.3 Å². The molecule has 0 spiro atoms.